The van der Waals surface area contributed by atoms with Crippen LogP contribution in [-0.4, -0.2) is 31.5 Å². The normalized spacial score (nSPS) is 28.4. The van der Waals surface area contributed by atoms with Gasteiger partial charge < -0.3 is 19.9 Å². The molecule has 0 radical (unpaired) electrons. The molecule has 1 aromatic rings. The van der Waals surface area contributed by atoms with Crippen molar-refractivity contribution in [3.05, 3.63) is 23.8 Å². The zero-order chi connectivity index (χ0) is 13.2. The Labute approximate surface area is 113 Å². The van der Waals surface area contributed by atoms with E-state index in [4.69, 9.17) is 14.6 Å². The van der Waals surface area contributed by atoms with Crippen molar-refractivity contribution in [1.82, 2.24) is 0 Å². The lowest BCUT2D eigenvalue weighted by molar-refractivity contribution is 0.0811. The summed E-state index contributed by atoms with van der Waals surface area (Å²) in [5.41, 5.74) is 2.36. The van der Waals surface area contributed by atoms with Crippen LogP contribution in [0, 0.1) is 5.92 Å². The number of hydrogen-bond donors (Lipinski definition) is 2. The minimum atomic E-state index is 0.176. The van der Waals surface area contributed by atoms with Crippen LogP contribution in [-0.2, 0) is 4.74 Å². The lowest BCUT2D eigenvalue weighted by Gasteiger charge is -2.36. The van der Waals surface area contributed by atoms with Gasteiger partial charge in [-0.05, 0) is 37.5 Å². The maximum Gasteiger partial charge on any atom is 0.119 e. The highest BCUT2D eigenvalue weighted by atomic mass is 16.5. The van der Waals surface area contributed by atoms with Gasteiger partial charge in [0.1, 0.15) is 5.75 Å². The minimum Gasteiger partial charge on any atom is -0.497 e. The zero-order valence-electron chi connectivity index (χ0n) is 11.3. The average molecular weight is 263 g/mol. The maximum absolute atomic E-state index is 9.03. The molecule has 4 nitrogen and oxygen atoms in total. The molecule has 2 aliphatic rings. The van der Waals surface area contributed by atoms with E-state index >= 15 is 0 Å². The highest BCUT2D eigenvalue weighted by molar-refractivity contribution is 5.58. The molecule has 4 heteroatoms. The van der Waals surface area contributed by atoms with E-state index in [0.29, 0.717) is 12.0 Å². The van der Waals surface area contributed by atoms with Crippen molar-refractivity contribution in [3.8, 4) is 5.75 Å². The second-order valence-corrected chi connectivity index (χ2v) is 5.31. The minimum absolute atomic E-state index is 0.176. The third kappa shape index (κ3) is 2.30. The van der Waals surface area contributed by atoms with Crippen LogP contribution in [0.4, 0.5) is 5.69 Å². The lowest BCUT2D eigenvalue weighted by atomic mass is 9.82. The molecule has 104 valence electrons. The summed E-state index contributed by atoms with van der Waals surface area (Å²) < 4.78 is 11.2. The number of benzene rings is 1. The molecule has 2 N–H and O–H groups in total. The quantitative estimate of drug-likeness (QED) is 0.875. The molecule has 3 rings (SSSR count). The van der Waals surface area contributed by atoms with Gasteiger partial charge in [-0.15, -0.1) is 0 Å². The third-order valence-corrected chi connectivity index (χ3v) is 4.23. The van der Waals surface area contributed by atoms with E-state index in [-0.39, 0.29) is 12.7 Å². The van der Waals surface area contributed by atoms with E-state index in [1.165, 1.54) is 5.56 Å². The van der Waals surface area contributed by atoms with Crippen LogP contribution in [0.15, 0.2) is 18.2 Å². The largest absolute Gasteiger partial charge is 0.497 e. The van der Waals surface area contributed by atoms with Gasteiger partial charge in [-0.3, -0.25) is 0 Å². The predicted molar refractivity (Wildman–Crippen MR) is 73.5 cm³/mol. The summed E-state index contributed by atoms with van der Waals surface area (Å²) in [5, 5.41) is 12.6. The van der Waals surface area contributed by atoms with Crippen LogP contribution in [0.3, 0.4) is 0 Å². The number of aliphatic hydroxyl groups excluding tert-OH is 1. The van der Waals surface area contributed by atoms with Crippen LogP contribution >= 0.6 is 0 Å². The first-order valence-electron chi connectivity index (χ1n) is 7.00. The van der Waals surface area contributed by atoms with E-state index in [0.717, 1.165) is 37.3 Å². The first kappa shape index (κ1) is 12.8. The van der Waals surface area contributed by atoms with Crippen LogP contribution in [0.5, 0.6) is 5.75 Å². The van der Waals surface area contributed by atoms with Crippen molar-refractivity contribution in [3.63, 3.8) is 0 Å². The van der Waals surface area contributed by atoms with Crippen molar-refractivity contribution in [1.29, 1.82) is 0 Å². The maximum atomic E-state index is 9.03. The second kappa shape index (κ2) is 5.39. The Morgan fingerprint density at radius 1 is 1.47 bits per heavy atom. The topological polar surface area (TPSA) is 50.7 Å². The fourth-order valence-corrected chi connectivity index (χ4v) is 3.28. The van der Waals surface area contributed by atoms with Gasteiger partial charge in [-0.1, -0.05) is 0 Å². The van der Waals surface area contributed by atoms with Gasteiger partial charge in [0.05, 0.1) is 13.2 Å². The molecule has 19 heavy (non-hydrogen) atoms. The molecular formula is C15H21NO3. The molecule has 0 bridgehead atoms. The van der Waals surface area contributed by atoms with Gasteiger partial charge in [0.2, 0.25) is 0 Å². The van der Waals surface area contributed by atoms with Gasteiger partial charge in [0.25, 0.3) is 0 Å². The summed E-state index contributed by atoms with van der Waals surface area (Å²) in [7, 11) is 1.69. The van der Waals surface area contributed by atoms with Crippen molar-refractivity contribution in [2.45, 2.75) is 31.4 Å². The Hall–Kier alpha value is -1.26. The Morgan fingerprint density at radius 2 is 2.37 bits per heavy atom. The van der Waals surface area contributed by atoms with E-state index in [1.54, 1.807) is 7.11 Å². The molecule has 1 aromatic carbocycles. The van der Waals surface area contributed by atoms with Crippen molar-refractivity contribution >= 4 is 5.69 Å². The van der Waals surface area contributed by atoms with E-state index in [1.807, 2.05) is 6.07 Å². The number of rotatable bonds is 4. The van der Waals surface area contributed by atoms with Crippen LogP contribution in [0.1, 0.15) is 30.9 Å². The Kier molecular flexibility index (Phi) is 3.62. The monoisotopic (exact) mass is 263 g/mol. The first-order chi connectivity index (χ1) is 9.33. The fraction of sp³-hybridized carbons (Fsp3) is 0.600. The van der Waals surface area contributed by atoms with E-state index in [2.05, 4.69) is 17.4 Å². The number of methoxy groups -OCH3 is 1. The highest BCUT2D eigenvalue weighted by Gasteiger charge is 2.40. The molecular weight excluding hydrogens is 242 g/mol. The molecule has 1 saturated heterocycles. The van der Waals surface area contributed by atoms with Crippen molar-refractivity contribution in [2.75, 3.05) is 25.6 Å². The highest BCUT2D eigenvalue weighted by Crippen LogP contribution is 2.46. The SMILES string of the molecule is COc1ccc2c(c1)[C@H]1OCC[C@H]1[C@H](CCCO)N2. The van der Waals surface area contributed by atoms with Crippen LogP contribution in [0.25, 0.3) is 0 Å². The van der Waals surface area contributed by atoms with Gasteiger partial charge in [-0.2, -0.15) is 0 Å². The lowest BCUT2D eigenvalue weighted by Crippen LogP contribution is -2.36. The summed E-state index contributed by atoms with van der Waals surface area (Å²) >= 11 is 0. The standard InChI is InChI=1S/C15H21NO3/c1-18-10-4-5-14-12(9-10)15-11(6-8-19-15)13(16-14)3-2-7-17/h4-5,9,11,13,15-17H,2-3,6-8H2,1H3/t11-,13-,15-/m0/s1. The Balaban J connectivity index is 1.89. The molecule has 1 fully saturated rings. The molecule has 0 aromatic heterocycles. The predicted octanol–water partition coefficient (Wildman–Crippen LogP) is 2.34. The summed E-state index contributed by atoms with van der Waals surface area (Å²) in [6.45, 7) is 1.08. The molecule has 0 amide bonds. The van der Waals surface area contributed by atoms with Gasteiger partial charge >= 0.3 is 0 Å². The Morgan fingerprint density at radius 3 is 3.16 bits per heavy atom. The number of anilines is 1. The average Bonchev–Trinajstić information content (AvgIpc) is 2.94. The molecule has 0 saturated carbocycles. The second-order valence-electron chi connectivity index (χ2n) is 5.31. The number of hydrogen-bond acceptors (Lipinski definition) is 4. The van der Waals surface area contributed by atoms with Gasteiger partial charge in [-0.25, -0.2) is 0 Å². The fourth-order valence-electron chi connectivity index (χ4n) is 3.28. The zero-order valence-corrected chi connectivity index (χ0v) is 11.3. The van der Waals surface area contributed by atoms with Crippen molar-refractivity contribution in [2.24, 2.45) is 5.92 Å². The summed E-state index contributed by atoms with van der Waals surface area (Å²) in [4.78, 5) is 0. The smallest absolute Gasteiger partial charge is 0.119 e. The van der Waals surface area contributed by atoms with Crippen LogP contribution in [0.2, 0.25) is 0 Å². The molecule has 0 spiro atoms. The molecule has 3 atom stereocenters. The first-order valence-corrected chi connectivity index (χ1v) is 7.00. The molecule has 0 unspecified atom stereocenters. The number of nitrogens with one attached hydrogen (secondary N) is 1. The molecule has 0 aliphatic carbocycles. The third-order valence-electron chi connectivity index (χ3n) is 4.23. The number of ether oxygens (including phenoxy) is 2. The van der Waals surface area contributed by atoms with E-state index < -0.39 is 0 Å². The summed E-state index contributed by atoms with van der Waals surface area (Å²) in [6, 6.07) is 6.52. The molecule has 2 heterocycles. The summed E-state index contributed by atoms with van der Waals surface area (Å²) in [5.74, 6) is 1.38. The number of aliphatic hydroxyl groups is 1. The van der Waals surface area contributed by atoms with Gasteiger partial charge in [0, 0.05) is 36.4 Å². The molecule has 2 aliphatic heterocycles. The van der Waals surface area contributed by atoms with Gasteiger partial charge in [0.15, 0.2) is 0 Å². The van der Waals surface area contributed by atoms with E-state index in [9.17, 15) is 0 Å². The van der Waals surface area contributed by atoms with Crippen LogP contribution < -0.4 is 10.1 Å². The Bertz CT molecular complexity index is 449. The number of fused-ring (bicyclic) bond motifs is 3. The van der Waals surface area contributed by atoms with Crippen molar-refractivity contribution < 1.29 is 14.6 Å². The summed E-state index contributed by atoms with van der Waals surface area (Å²) in [6.07, 6.45) is 3.10.